The summed E-state index contributed by atoms with van der Waals surface area (Å²) in [4.78, 5) is 25.1. The minimum atomic E-state index is -1.09. The van der Waals surface area contributed by atoms with Crippen molar-refractivity contribution >= 4 is 11.9 Å². The molecule has 0 aromatic heterocycles. The summed E-state index contributed by atoms with van der Waals surface area (Å²) in [5.74, 6) is -1.78. The highest BCUT2D eigenvalue weighted by molar-refractivity contribution is 5.85. The average Bonchev–Trinajstić information content (AvgIpc) is 2.98. The van der Waals surface area contributed by atoms with Gasteiger partial charge in [-0.1, -0.05) is 12.2 Å². The number of esters is 1. The molecule has 4 saturated carbocycles. The summed E-state index contributed by atoms with van der Waals surface area (Å²) in [7, 11) is 0. The maximum atomic E-state index is 12.7. The molecule has 5 rings (SSSR count). The molecule has 0 aromatic carbocycles. The van der Waals surface area contributed by atoms with Crippen LogP contribution in [0.3, 0.4) is 0 Å². The highest BCUT2D eigenvalue weighted by Crippen LogP contribution is 2.77. The quantitative estimate of drug-likeness (QED) is 0.568. The lowest BCUT2D eigenvalue weighted by atomic mass is 9.59. The van der Waals surface area contributed by atoms with Gasteiger partial charge in [0.05, 0.1) is 17.4 Å². The van der Waals surface area contributed by atoms with E-state index in [-0.39, 0.29) is 11.3 Å². The number of hydrogen-bond acceptors (Lipinski definition) is 4. The van der Waals surface area contributed by atoms with Gasteiger partial charge in [0.1, 0.15) is 5.60 Å². The summed E-state index contributed by atoms with van der Waals surface area (Å²) in [6.07, 6.45) is 3.81. The van der Waals surface area contributed by atoms with Crippen molar-refractivity contribution in [1.29, 1.82) is 0 Å². The number of aliphatic hydroxyl groups excluding tert-OH is 1. The van der Waals surface area contributed by atoms with Crippen molar-refractivity contribution in [2.24, 2.45) is 34.5 Å². The van der Waals surface area contributed by atoms with E-state index in [4.69, 9.17) is 4.74 Å². The normalized spacial score (nSPS) is 57.5. The van der Waals surface area contributed by atoms with Crippen molar-refractivity contribution in [1.82, 2.24) is 0 Å². The van der Waals surface area contributed by atoms with Gasteiger partial charge in [-0.15, -0.1) is 0 Å². The van der Waals surface area contributed by atoms with Gasteiger partial charge >= 0.3 is 11.9 Å². The van der Waals surface area contributed by atoms with Gasteiger partial charge in [0, 0.05) is 11.8 Å². The van der Waals surface area contributed by atoms with Gasteiger partial charge in [-0.3, -0.25) is 9.59 Å². The van der Waals surface area contributed by atoms with Crippen LogP contribution in [-0.4, -0.2) is 33.9 Å². The summed E-state index contributed by atoms with van der Waals surface area (Å²) in [5.41, 5.74) is -0.953. The van der Waals surface area contributed by atoms with Crippen molar-refractivity contribution in [3.63, 3.8) is 0 Å². The van der Waals surface area contributed by atoms with Gasteiger partial charge < -0.3 is 14.9 Å². The Morgan fingerprint density at radius 1 is 1.33 bits per heavy atom. The SMILES string of the molecule is C=C1C[C@]23C[C@H]1CCC2[C@@]12CC[C@H](O)C(C)(C(=O)O1)C2[C@@H]3C(=O)O. The van der Waals surface area contributed by atoms with Crippen LogP contribution in [0.4, 0.5) is 0 Å². The Bertz CT molecular complexity index is 685. The highest BCUT2D eigenvalue weighted by Gasteiger charge is 2.83. The molecule has 5 aliphatic rings. The molecule has 5 nitrogen and oxygen atoms in total. The fraction of sp³-hybridized carbons (Fsp3) is 0.789. The van der Waals surface area contributed by atoms with Gasteiger partial charge in [-0.2, -0.15) is 0 Å². The van der Waals surface area contributed by atoms with E-state index in [9.17, 15) is 19.8 Å². The van der Waals surface area contributed by atoms with Crippen LogP contribution in [-0.2, 0) is 14.3 Å². The molecule has 1 saturated heterocycles. The summed E-state index contributed by atoms with van der Waals surface area (Å²) in [6, 6.07) is 0. The fourth-order valence-corrected chi connectivity index (χ4v) is 7.66. The Balaban J connectivity index is 1.76. The number of hydrogen-bond donors (Lipinski definition) is 2. The van der Waals surface area contributed by atoms with Crippen molar-refractivity contribution in [2.45, 2.75) is 57.2 Å². The third-order valence-corrected chi connectivity index (χ3v) is 8.46. The van der Waals surface area contributed by atoms with Crippen LogP contribution >= 0.6 is 0 Å². The number of carbonyl (C=O) groups is 2. The van der Waals surface area contributed by atoms with Crippen molar-refractivity contribution in [3.8, 4) is 0 Å². The maximum Gasteiger partial charge on any atom is 0.315 e. The van der Waals surface area contributed by atoms with Crippen LogP contribution in [0.1, 0.15) is 45.4 Å². The first kappa shape index (κ1) is 14.9. The fourth-order valence-electron chi connectivity index (χ4n) is 7.66. The predicted octanol–water partition coefficient (Wildman–Crippen LogP) is 2.14. The zero-order chi connectivity index (χ0) is 17.1. The van der Waals surface area contributed by atoms with Crippen LogP contribution < -0.4 is 0 Å². The van der Waals surface area contributed by atoms with E-state index >= 15 is 0 Å². The van der Waals surface area contributed by atoms with Crippen LogP contribution in [0.25, 0.3) is 0 Å². The topological polar surface area (TPSA) is 83.8 Å². The zero-order valence-electron chi connectivity index (χ0n) is 14.0. The van der Waals surface area contributed by atoms with Crippen LogP contribution in [0.5, 0.6) is 0 Å². The first-order chi connectivity index (χ1) is 11.3. The van der Waals surface area contributed by atoms with E-state index in [0.717, 1.165) is 25.7 Å². The van der Waals surface area contributed by atoms with Gasteiger partial charge in [0.2, 0.25) is 0 Å². The number of aliphatic carboxylic acids is 1. The molecule has 4 aliphatic carbocycles. The Kier molecular flexibility index (Phi) is 2.53. The average molecular weight is 332 g/mol. The molecule has 2 N–H and O–H groups in total. The smallest absolute Gasteiger partial charge is 0.315 e. The zero-order valence-corrected chi connectivity index (χ0v) is 14.0. The molecule has 1 heterocycles. The number of carbonyl (C=O) groups excluding carboxylic acids is 1. The number of carboxylic acids is 1. The summed E-state index contributed by atoms with van der Waals surface area (Å²) >= 11 is 0. The van der Waals surface area contributed by atoms with Gasteiger partial charge in [-0.25, -0.2) is 0 Å². The summed E-state index contributed by atoms with van der Waals surface area (Å²) < 4.78 is 6.01. The van der Waals surface area contributed by atoms with E-state index in [2.05, 4.69) is 6.58 Å². The van der Waals surface area contributed by atoms with Crippen LogP contribution in [0.15, 0.2) is 12.2 Å². The standard InChI is InChI=1S/C19H24O5/c1-9-7-18-8-10(9)3-4-11(18)19-6-5-12(20)17(2,16(23)24-19)14(19)13(18)15(21)22/h10-14,20H,1,3-8H2,2H3,(H,21,22)/t10-,11?,12+,13-,14?,17?,18+,19-/m1/s1. The predicted molar refractivity (Wildman–Crippen MR) is 83.8 cm³/mol. The minimum Gasteiger partial charge on any atom is -0.481 e. The molecule has 130 valence electrons. The second-order valence-electron chi connectivity index (χ2n) is 9.07. The number of fused-ring (bicyclic) bond motifs is 1. The molecule has 0 aromatic rings. The molecule has 8 atom stereocenters. The second kappa shape index (κ2) is 4.06. The Morgan fingerprint density at radius 3 is 2.79 bits per heavy atom. The lowest BCUT2D eigenvalue weighted by Crippen LogP contribution is -2.53. The summed E-state index contributed by atoms with van der Waals surface area (Å²) in [5, 5.41) is 20.8. The molecular weight excluding hydrogens is 308 g/mol. The number of ether oxygens (including phenoxy) is 1. The first-order valence-corrected chi connectivity index (χ1v) is 9.09. The molecule has 5 fully saturated rings. The Morgan fingerprint density at radius 2 is 2.08 bits per heavy atom. The largest absolute Gasteiger partial charge is 0.481 e. The van der Waals surface area contributed by atoms with Crippen molar-refractivity contribution in [2.75, 3.05) is 0 Å². The molecule has 24 heavy (non-hydrogen) atoms. The van der Waals surface area contributed by atoms with E-state index in [1.807, 2.05) is 0 Å². The molecule has 1 aliphatic heterocycles. The second-order valence-corrected chi connectivity index (χ2v) is 9.07. The molecule has 0 radical (unpaired) electrons. The van der Waals surface area contributed by atoms with E-state index < -0.39 is 40.9 Å². The number of rotatable bonds is 1. The Labute approximate surface area is 141 Å². The van der Waals surface area contributed by atoms with Crippen molar-refractivity contribution < 1.29 is 24.5 Å². The lowest BCUT2D eigenvalue weighted by molar-refractivity contribution is -0.162. The van der Waals surface area contributed by atoms with Crippen LogP contribution in [0, 0.1) is 34.5 Å². The molecular formula is C19H24O5. The maximum absolute atomic E-state index is 12.7. The van der Waals surface area contributed by atoms with E-state index in [0.29, 0.717) is 18.8 Å². The van der Waals surface area contributed by atoms with E-state index in [1.165, 1.54) is 5.57 Å². The molecule has 5 heteroatoms. The van der Waals surface area contributed by atoms with Gasteiger partial charge in [0.25, 0.3) is 0 Å². The third-order valence-electron chi connectivity index (χ3n) is 8.46. The van der Waals surface area contributed by atoms with E-state index in [1.54, 1.807) is 6.92 Å². The summed E-state index contributed by atoms with van der Waals surface area (Å²) in [6.45, 7) is 5.95. The molecule has 4 bridgehead atoms. The van der Waals surface area contributed by atoms with Gasteiger partial charge in [0.15, 0.2) is 0 Å². The molecule has 1 spiro atoms. The van der Waals surface area contributed by atoms with Gasteiger partial charge in [-0.05, 0) is 56.8 Å². The highest BCUT2D eigenvalue weighted by atomic mass is 16.6. The van der Waals surface area contributed by atoms with Crippen LogP contribution in [0.2, 0.25) is 0 Å². The lowest BCUT2D eigenvalue weighted by Gasteiger charge is -2.44. The number of carboxylic acid groups (broad SMARTS) is 1. The monoisotopic (exact) mass is 332 g/mol. The first-order valence-electron chi connectivity index (χ1n) is 9.09. The number of aliphatic hydroxyl groups is 1. The molecule has 0 amide bonds. The minimum absolute atomic E-state index is 0.0878. The third kappa shape index (κ3) is 1.29. The van der Waals surface area contributed by atoms with Crippen molar-refractivity contribution in [3.05, 3.63) is 12.2 Å². The Hall–Kier alpha value is -1.36. The molecule has 3 unspecified atom stereocenters. The number of allylic oxidation sites excluding steroid dienone is 1.